The van der Waals surface area contributed by atoms with Crippen molar-refractivity contribution in [2.45, 2.75) is 6.92 Å². The molecular formula is C20H16N2O3S. The summed E-state index contributed by atoms with van der Waals surface area (Å²) < 4.78 is 11.9. The molecule has 3 heterocycles. The van der Waals surface area contributed by atoms with Gasteiger partial charge in [-0.2, -0.15) is 0 Å². The summed E-state index contributed by atoms with van der Waals surface area (Å²) in [6.45, 7) is 2.05. The van der Waals surface area contributed by atoms with Crippen LogP contribution in [0.2, 0.25) is 0 Å². The predicted octanol–water partition coefficient (Wildman–Crippen LogP) is 5.18. The third-order valence-corrected chi connectivity index (χ3v) is 4.90. The molecule has 0 aliphatic carbocycles. The Morgan fingerprint density at radius 2 is 2.00 bits per heavy atom. The number of rotatable bonds is 3. The largest absolute Gasteiger partial charge is 0.514 e. The quantitative estimate of drug-likeness (QED) is 0.470. The number of benzene rings is 1. The molecule has 6 heteroatoms. The normalized spacial score (nSPS) is 10.8. The molecule has 0 radical (unpaired) electrons. The maximum Gasteiger partial charge on any atom is 0.514 e. The van der Waals surface area contributed by atoms with Crippen molar-refractivity contribution in [2.24, 2.45) is 0 Å². The molecule has 1 aromatic carbocycles. The highest BCUT2D eigenvalue weighted by Crippen LogP contribution is 2.37. The lowest BCUT2D eigenvalue weighted by molar-refractivity contribution is 0.123. The molecule has 0 amide bonds. The van der Waals surface area contributed by atoms with Gasteiger partial charge in [-0.1, -0.05) is 18.2 Å². The number of hydrogen-bond donors (Lipinski definition) is 0. The van der Waals surface area contributed by atoms with Crippen LogP contribution in [0.1, 0.15) is 5.56 Å². The van der Waals surface area contributed by atoms with E-state index >= 15 is 0 Å². The van der Waals surface area contributed by atoms with E-state index in [1.54, 1.807) is 0 Å². The molecule has 0 N–H and O–H groups in total. The van der Waals surface area contributed by atoms with E-state index in [-0.39, 0.29) is 0 Å². The second kappa shape index (κ2) is 6.65. The Hall–Kier alpha value is -3.12. The van der Waals surface area contributed by atoms with Crippen molar-refractivity contribution in [1.29, 1.82) is 0 Å². The first-order chi connectivity index (χ1) is 12.7. The van der Waals surface area contributed by atoms with Crippen LogP contribution < -0.4 is 4.74 Å². The highest BCUT2D eigenvalue weighted by molar-refractivity contribution is 7.12. The van der Waals surface area contributed by atoms with Crippen LogP contribution >= 0.6 is 11.3 Å². The highest BCUT2D eigenvalue weighted by atomic mass is 32.1. The van der Waals surface area contributed by atoms with Crippen LogP contribution in [0.3, 0.4) is 0 Å². The zero-order chi connectivity index (χ0) is 18.1. The number of pyridine rings is 1. The fourth-order valence-electron chi connectivity index (χ4n) is 2.85. The molecule has 3 aromatic heterocycles. The highest BCUT2D eigenvalue weighted by Gasteiger charge is 2.14. The standard InChI is InChI=1S/C20H16N2O3S/c1-13-6-8-22-17(12-21-18(22)10-13)15-5-3-4-14(11-15)16-7-9-26-19(16)25-20(23)24-2/h3-12H,1-2H3. The van der Waals surface area contributed by atoms with Crippen LogP contribution in [0.4, 0.5) is 4.79 Å². The Bertz CT molecular complexity index is 1100. The molecule has 0 fully saturated rings. The van der Waals surface area contributed by atoms with E-state index in [9.17, 15) is 4.79 Å². The summed E-state index contributed by atoms with van der Waals surface area (Å²) in [6, 6.07) is 14.1. The molecule has 5 nitrogen and oxygen atoms in total. The van der Waals surface area contributed by atoms with Crippen LogP contribution in [-0.2, 0) is 4.74 Å². The van der Waals surface area contributed by atoms with Crippen molar-refractivity contribution in [2.75, 3.05) is 7.11 Å². The molecule has 0 saturated carbocycles. The van der Waals surface area contributed by atoms with Crippen molar-refractivity contribution >= 4 is 23.1 Å². The Morgan fingerprint density at radius 3 is 2.85 bits per heavy atom. The van der Waals surface area contributed by atoms with Gasteiger partial charge in [-0.05, 0) is 47.7 Å². The number of aryl methyl sites for hydroxylation is 1. The minimum atomic E-state index is -0.720. The molecule has 0 saturated heterocycles. The SMILES string of the molecule is COC(=O)Oc1sccc1-c1cccc(-c2cnc3cc(C)ccn23)c1. The average molecular weight is 364 g/mol. The van der Waals surface area contributed by atoms with Crippen LogP contribution in [-0.4, -0.2) is 22.6 Å². The Balaban J connectivity index is 1.76. The van der Waals surface area contributed by atoms with E-state index in [1.807, 2.05) is 49.0 Å². The first kappa shape index (κ1) is 16.4. The zero-order valence-corrected chi connectivity index (χ0v) is 15.1. The molecule has 0 aliphatic heterocycles. The molecular weight excluding hydrogens is 348 g/mol. The van der Waals surface area contributed by atoms with Crippen LogP contribution in [0.15, 0.2) is 60.2 Å². The van der Waals surface area contributed by atoms with E-state index in [0.717, 1.165) is 28.0 Å². The number of methoxy groups -OCH3 is 1. The maximum absolute atomic E-state index is 11.4. The zero-order valence-electron chi connectivity index (χ0n) is 14.3. The fourth-order valence-corrected chi connectivity index (χ4v) is 3.60. The maximum atomic E-state index is 11.4. The molecule has 130 valence electrons. The third kappa shape index (κ3) is 2.95. The number of hydrogen-bond acceptors (Lipinski definition) is 5. The number of carbonyl (C=O) groups is 1. The van der Waals surface area contributed by atoms with Gasteiger partial charge < -0.3 is 9.47 Å². The molecule has 4 aromatic rings. The molecule has 0 unspecified atom stereocenters. The molecule has 26 heavy (non-hydrogen) atoms. The smallest absolute Gasteiger partial charge is 0.437 e. The lowest BCUT2D eigenvalue weighted by atomic mass is 10.0. The van der Waals surface area contributed by atoms with Gasteiger partial charge in [0, 0.05) is 17.3 Å². The molecule has 4 rings (SSSR count). The summed E-state index contributed by atoms with van der Waals surface area (Å²) in [7, 11) is 1.29. The number of carbonyl (C=O) groups excluding carboxylic acids is 1. The number of imidazole rings is 1. The van der Waals surface area contributed by atoms with E-state index in [2.05, 4.69) is 32.3 Å². The summed E-state index contributed by atoms with van der Waals surface area (Å²) in [4.78, 5) is 15.9. The monoisotopic (exact) mass is 364 g/mol. The number of fused-ring (bicyclic) bond motifs is 1. The summed E-state index contributed by atoms with van der Waals surface area (Å²) in [5.41, 5.74) is 5.94. The average Bonchev–Trinajstić information content (AvgIpc) is 3.28. The van der Waals surface area contributed by atoms with E-state index in [4.69, 9.17) is 4.74 Å². The van der Waals surface area contributed by atoms with Gasteiger partial charge in [0.2, 0.25) is 0 Å². The Morgan fingerprint density at radius 1 is 1.15 bits per heavy atom. The summed E-state index contributed by atoms with van der Waals surface area (Å²) >= 11 is 1.35. The second-order valence-electron chi connectivity index (χ2n) is 5.83. The van der Waals surface area contributed by atoms with Gasteiger partial charge >= 0.3 is 6.16 Å². The number of ether oxygens (including phenoxy) is 2. The van der Waals surface area contributed by atoms with Crippen molar-refractivity contribution in [3.8, 4) is 27.4 Å². The molecule has 0 atom stereocenters. The lowest BCUT2D eigenvalue weighted by Crippen LogP contribution is -2.06. The summed E-state index contributed by atoms with van der Waals surface area (Å²) in [5.74, 6) is 0. The number of thiophene rings is 1. The van der Waals surface area contributed by atoms with Gasteiger partial charge in [0.25, 0.3) is 0 Å². The van der Waals surface area contributed by atoms with E-state index < -0.39 is 6.16 Å². The van der Waals surface area contributed by atoms with Crippen molar-refractivity contribution in [3.05, 3.63) is 65.8 Å². The predicted molar refractivity (Wildman–Crippen MR) is 102 cm³/mol. The van der Waals surface area contributed by atoms with E-state index in [1.165, 1.54) is 24.0 Å². The number of aromatic nitrogens is 2. The topological polar surface area (TPSA) is 52.8 Å². The van der Waals surface area contributed by atoms with Gasteiger partial charge in [-0.25, -0.2) is 9.78 Å². The van der Waals surface area contributed by atoms with Gasteiger partial charge in [0.15, 0.2) is 5.06 Å². The Labute approximate surface area is 154 Å². The van der Waals surface area contributed by atoms with Gasteiger partial charge in [-0.15, -0.1) is 11.3 Å². The van der Waals surface area contributed by atoms with Crippen molar-refractivity contribution in [3.63, 3.8) is 0 Å². The summed E-state index contributed by atoms with van der Waals surface area (Å²) in [6.07, 6.45) is 3.17. The number of nitrogens with zero attached hydrogens (tertiary/aromatic N) is 2. The van der Waals surface area contributed by atoms with Crippen LogP contribution in [0.25, 0.3) is 28.0 Å². The van der Waals surface area contributed by atoms with Gasteiger partial charge in [0.05, 0.1) is 19.0 Å². The third-order valence-electron chi connectivity index (χ3n) is 4.11. The van der Waals surface area contributed by atoms with Crippen LogP contribution in [0, 0.1) is 6.92 Å². The lowest BCUT2D eigenvalue weighted by Gasteiger charge is -2.07. The van der Waals surface area contributed by atoms with E-state index in [0.29, 0.717) is 5.06 Å². The molecule has 0 bridgehead atoms. The molecule has 0 aliphatic rings. The fraction of sp³-hybridized carbons (Fsp3) is 0.100. The van der Waals surface area contributed by atoms with Crippen LogP contribution in [0.5, 0.6) is 5.06 Å². The van der Waals surface area contributed by atoms with Crippen molar-refractivity contribution in [1.82, 2.24) is 9.38 Å². The minimum Gasteiger partial charge on any atom is -0.437 e. The Kier molecular flexibility index (Phi) is 4.18. The molecule has 0 spiro atoms. The summed E-state index contributed by atoms with van der Waals surface area (Å²) in [5, 5.41) is 2.40. The minimum absolute atomic E-state index is 0.516. The second-order valence-corrected chi connectivity index (χ2v) is 6.71. The van der Waals surface area contributed by atoms with Gasteiger partial charge in [-0.3, -0.25) is 4.40 Å². The van der Waals surface area contributed by atoms with Gasteiger partial charge in [0.1, 0.15) is 5.65 Å². The first-order valence-electron chi connectivity index (χ1n) is 8.03. The first-order valence-corrected chi connectivity index (χ1v) is 8.91. The van der Waals surface area contributed by atoms with Crippen molar-refractivity contribution < 1.29 is 14.3 Å².